The number of hydrogen-bond donors (Lipinski definition) is 0. The van der Waals surface area contributed by atoms with Gasteiger partial charge in [0.2, 0.25) is 0 Å². The molecule has 0 radical (unpaired) electrons. The molecule has 68 valence electrons. The van der Waals surface area contributed by atoms with Crippen molar-refractivity contribution >= 4 is 0 Å². The Morgan fingerprint density at radius 1 is 1.09 bits per heavy atom. The molecule has 1 rings (SSSR count). The van der Waals surface area contributed by atoms with Crippen LogP contribution in [0.4, 0.5) is 0 Å². The van der Waals surface area contributed by atoms with Crippen molar-refractivity contribution in [3.8, 4) is 0 Å². The van der Waals surface area contributed by atoms with Crippen LogP contribution in [0.1, 0.15) is 58.8 Å². The van der Waals surface area contributed by atoms with Crippen molar-refractivity contribution in [2.24, 2.45) is 5.41 Å². The van der Waals surface area contributed by atoms with Gasteiger partial charge >= 0.3 is 0 Å². The van der Waals surface area contributed by atoms with E-state index in [-0.39, 0.29) is 37.7 Å². The van der Waals surface area contributed by atoms with Gasteiger partial charge in [-0.2, -0.15) is 0 Å². The van der Waals surface area contributed by atoms with E-state index in [0.29, 0.717) is 0 Å². The van der Waals surface area contributed by atoms with Crippen LogP contribution < -0.4 is 0 Å². The Morgan fingerprint density at radius 2 is 1.64 bits per heavy atom. The molecule has 0 aromatic rings. The molecular formula is C10H20Ar. The second kappa shape index (κ2) is 5.83. The molecule has 0 nitrogen and oxygen atoms in total. The van der Waals surface area contributed by atoms with Gasteiger partial charge in [-0.15, -0.1) is 0 Å². The van der Waals surface area contributed by atoms with E-state index in [1.165, 1.54) is 44.9 Å². The zero-order valence-corrected chi connectivity index (χ0v) is 8.51. The smallest absolute Gasteiger partial charge is 0 e. The molecule has 1 aliphatic carbocycles. The first kappa shape index (κ1) is 12.3. The van der Waals surface area contributed by atoms with Gasteiger partial charge in [0.1, 0.15) is 0 Å². The van der Waals surface area contributed by atoms with Gasteiger partial charge in [-0.1, -0.05) is 39.5 Å². The summed E-state index contributed by atoms with van der Waals surface area (Å²) >= 11 is 0. The fourth-order valence-corrected chi connectivity index (χ4v) is 2.26. The Hall–Kier alpha value is 1.26. The van der Waals surface area contributed by atoms with Crippen LogP contribution >= 0.6 is 0 Å². The predicted molar refractivity (Wildman–Crippen MR) is 46.1 cm³/mol. The normalized spacial score (nSPS) is 22.4. The zero-order valence-electron chi connectivity index (χ0n) is 7.80. The molecule has 0 aromatic carbocycles. The molecule has 1 saturated carbocycles. The fraction of sp³-hybridized carbons (Fsp3) is 1.00. The van der Waals surface area contributed by atoms with Crippen LogP contribution in [0.2, 0.25) is 0 Å². The van der Waals surface area contributed by atoms with Gasteiger partial charge in [0.05, 0.1) is 0 Å². The van der Waals surface area contributed by atoms with Crippen LogP contribution in [0.25, 0.3) is 0 Å². The standard InChI is InChI=1S/C10H20.Ar/c1-3-7-10(2)8-5-4-6-9-10;/h3-9H2,1-2H3;. The Morgan fingerprint density at radius 3 is 2.09 bits per heavy atom. The average Bonchev–Trinajstić information content (AvgIpc) is 1.89. The summed E-state index contributed by atoms with van der Waals surface area (Å²) in [4.78, 5) is 0. The minimum Gasteiger partial charge on any atom is -0.0654 e. The van der Waals surface area contributed by atoms with Gasteiger partial charge in [0.15, 0.2) is 0 Å². The van der Waals surface area contributed by atoms with Gasteiger partial charge in [0, 0.05) is 37.7 Å². The SMILES string of the molecule is CCCC1(C)CCCCC1.[Ar]. The summed E-state index contributed by atoms with van der Waals surface area (Å²) in [6, 6.07) is 0. The first-order chi connectivity index (χ1) is 4.77. The second-order valence-corrected chi connectivity index (χ2v) is 4.12. The molecule has 0 atom stereocenters. The molecule has 0 bridgehead atoms. The molecule has 0 amide bonds. The zero-order chi connectivity index (χ0) is 7.45. The Bertz CT molecular complexity index is 87.5. The van der Waals surface area contributed by atoms with Crippen molar-refractivity contribution in [3.63, 3.8) is 0 Å². The third kappa shape index (κ3) is 4.15. The van der Waals surface area contributed by atoms with E-state index in [1.54, 1.807) is 0 Å². The molecule has 1 heteroatoms. The van der Waals surface area contributed by atoms with Crippen LogP contribution in [-0.4, -0.2) is 0 Å². The number of hydrogen-bond acceptors (Lipinski definition) is 0. The van der Waals surface area contributed by atoms with Gasteiger partial charge in [-0.25, -0.2) is 0 Å². The summed E-state index contributed by atoms with van der Waals surface area (Å²) in [5.74, 6) is 0. The molecule has 0 spiro atoms. The quantitative estimate of drug-likeness (QED) is 0.607. The third-order valence-corrected chi connectivity index (χ3v) is 2.91. The maximum absolute atomic E-state index is 2.47. The van der Waals surface area contributed by atoms with E-state index < -0.39 is 0 Å². The van der Waals surface area contributed by atoms with E-state index in [1.807, 2.05) is 0 Å². The first-order valence-electron chi connectivity index (χ1n) is 4.77. The van der Waals surface area contributed by atoms with Crippen molar-refractivity contribution in [3.05, 3.63) is 0 Å². The van der Waals surface area contributed by atoms with Crippen molar-refractivity contribution in [1.82, 2.24) is 0 Å². The van der Waals surface area contributed by atoms with Gasteiger partial charge in [-0.3, -0.25) is 0 Å². The Balaban J connectivity index is 0.000001000. The molecular weight excluding hydrogens is 160 g/mol. The van der Waals surface area contributed by atoms with Crippen LogP contribution in [0.15, 0.2) is 0 Å². The van der Waals surface area contributed by atoms with Gasteiger partial charge in [0.25, 0.3) is 0 Å². The molecule has 0 heterocycles. The van der Waals surface area contributed by atoms with Crippen molar-refractivity contribution in [2.75, 3.05) is 0 Å². The molecule has 0 aromatic heterocycles. The summed E-state index contributed by atoms with van der Waals surface area (Å²) in [6.45, 7) is 4.77. The molecule has 0 unspecified atom stereocenters. The van der Waals surface area contributed by atoms with Crippen molar-refractivity contribution in [2.45, 2.75) is 58.8 Å². The largest absolute Gasteiger partial charge is 0.0654 e. The maximum Gasteiger partial charge on any atom is 0 e. The first-order valence-corrected chi connectivity index (χ1v) is 4.77. The molecule has 1 fully saturated rings. The van der Waals surface area contributed by atoms with Crippen LogP contribution in [0.5, 0.6) is 0 Å². The van der Waals surface area contributed by atoms with E-state index in [0.717, 1.165) is 5.41 Å². The summed E-state index contributed by atoms with van der Waals surface area (Å²) < 4.78 is 0. The topological polar surface area (TPSA) is 0 Å². The Labute approximate surface area is 101 Å². The van der Waals surface area contributed by atoms with E-state index in [2.05, 4.69) is 13.8 Å². The van der Waals surface area contributed by atoms with Crippen LogP contribution in [0, 0.1) is 43.2 Å². The molecule has 0 saturated heterocycles. The summed E-state index contributed by atoms with van der Waals surface area (Å²) in [5, 5.41) is 0. The second-order valence-electron chi connectivity index (χ2n) is 4.12. The molecule has 0 N–H and O–H groups in total. The van der Waals surface area contributed by atoms with Crippen molar-refractivity contribution < 1.29 is 37.7 Å². The number of rotatable bonds is 2. The van der Waals surface area contributed by atoms with Crippen molar-refractivity contribution in [1.29, 1.82) is 0 Å². The average molecular weight is 180 g/mol. The van der Waals surface area contributed by atoms with Crippen LogP contribution in [0.3, 0.4) is 0 Å². The van der Waals surface area contributed by atoms with E-state index in [9.17, 15) is 0 Å². The molecule has 0 aliphatic heterocycles. The fourth-order valence-electron chi connectivity index (χ4n) is 2.26. The third-order valence-electron chi connectivity index (χ3n) is 2.91. The molecule has 11 heavy (non-hydrogen) atoms. The van der Waals surface area contributed by atoms with Gasteiger partial charge in [-0.05, 0) is 24.7 Å². The van der Waals surface area contributed by atoms with Gasteiger partial charge < -0.3 is 0 Å². The van der Waals surface area contributed by atoms with E-state index >= 15 is 0 Å². The van der Waals surface area contributed by atoms with E-state index in [4.69, 9.17) is 0 Å². The minimum absolute atomic E-state index is 0. The summed E-state index contributed by atoms with van der Waals surface area (Å²) in [7, 11) is 0. The monoisotopic (exact) mass is 180 g/mol. The predicted octanol–water partition coefficient (Wildman–Crippen LogP) is 3.76. The minimum atomic E-state index is 0. The maximum atomic E-state index is 2.47. The van der Waals surface area contributed by atoms with Crippen LogP contribution in [-0.2, 0) is 0 Å². The Kier molecular flexibility index (Phi) is 6.50. The summed E-state index contributed by atoms with van der Waals surface area (Å²) in [6.07, 6.45) is 10.2. The molecule has 1 aliphatic rings. The summed E-state index contributed by atoms with van der Waals surface area (Å²) in [5.41, 5.74) is 0.729.